The first-order chi connectivity index (χ1) is 12.2. The molecule has 0 fully saturated rings. The van der Waals surface area contributed by atoms with Gasteiger partial charge in [-0.25, -0.2) is 4.68 Å². The molecule has 0 unspecified atom stereocenters. The summed E-state index contributed by atoms with van der Waals surface area (Å²) in [4.78, 5) is 12.6. The fourth-order valence-corrected chi connectivity index (χ4v) is 2.58. The summed E-state index contributed by atoms with van der Waals surface area (Å²) in [6, 6.07) is 16.8. The molecule has 3 aromatic rings. The van der Waals surface area contributed by atoms with E-state index >= 15 is 0 Å². The van der Waals surface area contributed by atoms with Crippen molar-refractivity contribution in [3.8, 4) is 16.9 Å². The normalized spacial score (nSPS) is 10.6. The molecule has 128 valence electrons. The van der Waals surface area contributed by atoms with Crippen LogP contribution < -0.4 is 5.32 Å². The zero-order valence-electron chi connectivity index (χ0n) is 13.5. The van der Waals surface area contributed by atoms with Gasteiger partial charge in [0.15, 0.2) is 0 Å². The van der Waals surface area contributed by atoms with Gasteiger partial charge in [-0.2, -0.15) is 5.10 Å². The van der Waals surface area contributed by atoms with Crippen molar-refractivity contribution < 1.29 is 9.90 Å². The Morgan fingerprint density at radius 1 is 1.12 bits per heavy atom. The molecule has 0 radical (unpaired) electrons. The number of benzene rings is 2. The number of hydrogen-bond acceptors (Lipinski definition) is 3. The minimum Gasteiger partial charge on any atom is -0.396 e. The molecule has 1 aromatic heterocycles. The first-order valence-electron chi connectivity index (χ1n) is 7.99. The summed E-state index contributed by atoms with van der Waals surface area (Å²) >= 11 is 5.96. The Morgan fingerprint density at radius 3 is 2.52 bits per heavy atom. The smallest absolute Gasteiger partial charge is 0.255 e. The predicted molar refractivity (Wildman–Crippen MR) is 98.0 cm³/mol. The highest BCUT2D eigenvalue weighted by Crippen LogP contribution is 2.25. The number of halogens is 1. The Morgan fingerprint density at radius 2 is 1.84 bits per heavy atom. The third-order valence-electron chi connectivity index (χ3n) is 3.72. The van der Waals surface area contributed by atoms with Gasteiger partial charge in [0.1, 0.15) is 5.69 Å². The lowest BCUT2D eigenvalue weighted by Crippen LogP contribution is -2.25. The monoisotopic (exact) mass is 355 g/mol. The van der Waals surface area contributed by atoms with E-state index in [0.29, 0.717) is 29.2 Å². The van der Waals surface area contributed by atoms with E-state index in [9.17, 15) is 4.79 Å². The number of carbonyl (C=O) groups excluding carboxylic acids is 1. The summed E-state index contributed by atoms with van der Waals surface area (Å²) in [5.74, 6) is -0.222. The lowest BCUT2D eigenvalue weighted by molar-refractivity contribution is 0.0952. The SMILES string of the molecule is O=C(NCCCO)c1cn(-c2ccccc2)nc1-c1ccc(Cl)cc1. The van der Waals surface area contributed by atoms with Gasteiger partial charge in [0.05, 0.1) is 11.3 Å². The van der Waals surface area contributed by atoms with E-state index in [4.69, 9.17) is 16.7 Å². The fourth-order valence-electron chi connectivity index (χ4n) is 2.45. The maximum atomic E-state index is 12.6. The van der Waals surface area contributed by atoms with Crippen molar-refractivity contribution in [3.05, 3.63) is 71.4 Å². The number of aromatic nitrogens is 2. The van der Waals surface area contributed by atoms with Crippen LogP contribution in [-0.2, 0) is 0 Å². The van der Waals surface area contributed by atoms with Crippen LogP contribution in [0.15, 0.2) is 60.8 Å². The van der Waals surface area contributed by atoms with Crippen LogP contribution in [0.5, 0.6) is 0 Å². The first kappa shape index (κ1) is 17.2. The molecular weight excluding hydrogens is 338 g/mol. The minimum absolute atomic E-state index is 0.0353. The highest BCUT2D eigenvalue weighted by molar-refractivity contribution is 6.30. The summed E-state index contributed by atoms with van der Waals surface area (Å²) in [6.07, 6.45) is 2.22. The highest BCUT2D eigenvalue weighted by atomic mass is 35.5. The average Bonchev–Trinajstić information content (AvgIpc) is 3.09. The second kappa shape index (κ2) is 7.96. The van der Waals surface area contributed by atoms with Gasteiger partial charge in [-0.05, 0) is 30.7 Å². The first-order valence-corrected chi connectivity index (χ1v) is 8.37. The molecule has 0 aliphatic heterocycles. The van der Waals surface area contributed by atoms with Gasteiger partial charge in [-0.1, -0.05) is 41.9 Å². The van der Waals surface area contributed by atoms with Crippen LogP contribution in [0.2, 0.25) is 5.02 Å². The number of carbonyl (C=O) groups is 1. The van der Waals surface area contributed by atoms with Gasteiger partial charge < -0.3 is 10.4 Å². The number of rotatable bonds is 6. The van der Waals surface area contributed by atoms with Crippen molar-refractivity contribution in [1.29, 1.82) is 0 Å². The van der Waals surface area contributed by atoms with Crippen LogP contribution in [0.1, 0.15) is 16.8 Å². The molecule has 1 amide bonds. The van der Waals surface area contributed by atoms with Crippen LogP contribution in [0.3, 0.4) is 0 Å². The van der Waals surface area contributed by atoms with Crippen molar-refractivity contribution in [3.63, 3.8) is 0 Å². The summed E-state index contributed by atoms with van der Waals surface area (Å²) in [6.45, 7) is 0.444. The fraction of sp³-hybridized carbons (Fsp3) is 0.158. The molecule has 1 heterocycles. The largest absolute Gasteiger partial charge is 0.396 e. The van der Waals surface area contributed by atoms with E-state index in [1.807, 2.05) is 42.5 Å². The number of hydrogen-bond donors (Lipinski definition) is 2. The molecule has 6 heteroatoms. The molecule has 25 heavy (non-hydrogen) atoms. The van der Waals surface area contributed by atoms with Crippen LogP contribution in [-0.4, -0.2) is 33.9 Å². The van der Waals surface area contributed by atoms with Crippen LogP contribution >= 0.6 is 11.6 Å². The molecule has 2 N–H and O–H groups in total. The Bertz CT molecular complexity index is 845. The quantitative estimate of drug-likeness (QED) is 0.667. The second-order valence-electron chi connectivity index (χ2n) is 5.51. The van der Waals surface area contributed by atoms with E-state index in [-0.39, 0.29) is 12.5 Å². The lowest BCUT2D eigenvalue weighted by Gasteiger charge is -2.04. The molecule has 0 atom stereocenters. The molecule has 0 aliphatic carbocycles. The van der Waals surface area contributed by atoms with E-state index in [0.717, 1.165) is 11.3 Å². The molecule has 5 nitrogen and oxygen atoms in total. The van der Waals surface area contributed by atoms with E-state index in [2.05, 4.69) is 10.4 Å². The van der Waals surface area contributed by atoms with Crippen LogP contribution in [0.25, 0.3) is 16.9 Å². The summed E-state index contributed by atoms with van der Waals surface area (Å²) < 4.78 is 1.69. The molecular formula is C19H18ClN3O2. The molecule has 0 saturated heterocycles. The zero-order valence-corrected chi connectivity index (χ0v) is 14.3. The average molecular weight is 356 g/mol. The van der Waals surface area contributed by atoms with E-state index < -0.39 is 0 Å². The van der Waals surface area contributed by atoms with Crippen molar-refractivity contribution in [1.82, 2.24) is 15.1 Å². The third-order valence-corrected chi connectivity index (χ3v) is 3.97. The number of amides is 1. The van der Waals surface area contributed by atoms with Crippen molar-refractivity contribution in [2.45, 2.75) is 6.42 Å². The number of aliphatic hydroxyl groups is 1. The maximum absolute atomic E-state index is 12.6. The van der Waals surface area contributed by atoms with Gasteiger partial charge >= 0.3 is 0 Å². The summed E-state index contributed by atoms with van der Waals surface area (Å²) in [7, 11) is 0. The van der Waals surface area contributed by atoms with Crippen LogP contribution in [0.4, 0.5) is 0 Å². The number of nitrogens with one attached hydrogen (secondary N) is 1. The highest BCUT2D eigenvalue weighted by Gasteiger charge is 2.18. The summed E-state index contributed by atoms with van der Waals surface area (Å²) in [5, 5.41) is 16.9. The van der Waals surface area contributed by atoms with E-state index in [1.54, 1.807) is 23.0 Å². The van der Waals surface area contributed by atoms with Crippen molar-refractivity contribution in [2.75, 3.05) is 13.2 Å². The van der Waals surface area contributed by atoms with E-state index in [1.165, 1.54) is 0 Å². The lowest BCUT2D eigenvalue weighted by atomic mass is 10.1. The Kier molecular flexibility index (Phi) is 5.48. The van der Waals surface area contributed by atoms with Crippen molar-refractivity contribution >= 4 is 17.5 Å². The standard InChI is InChI=1S/C19H18ClN3O2/c20-15-9-7-14(8-10-15)18-17(19(25)21-11-4-12-24)13-23(22-18)16-5-2-1-3-6-16/h1-3,5-10,13,24H,4,11-12H2,(H,21,25). The number of para-hydroxylation sites is 1. The summed E-state index contributed by atoms with van der Waals surface area (Å²) in [5.41, 5.74) is 2.74. The molecule has 0 spiro atoms. The van der Waals surface area contributed by atoms with Gasteiger partial charge in [0.25, 0.3) is 5.91 Å². The predicted octanol–water partition coefficient (Wildman–Crippen LogP) is 3.30. The molecule has 0 saturated carbocycles. The van der Waals surface area contributed by atoms with Gasteiger partial charge in [-0.15, -0.1) is 0 Å². The van der Waals surface area contributed by atoms with Gasteiger partial charge in [-0.3, -0.25) is 4.79 Å². The molecule has 3 rings (SSSR count). The Balaban J connectivity index is 2.00. The Hall–Kier alpha value is -2.63. The minimum atomic E-state index is -0.222. The van der Waals surface area contributed by atoms with Gasteiger partial charge in [0.2, 0.25) is 0 Å². The van der Waals surface area contributed by atoms with Crippen LogP contribution in [0, 0.1) is 0 Å². The third kappa shape index (κ3) is 4.07. The Labute approximate surface area is 150 Å². The number of nitrogens with zero attached hydrogens (tertiary/aromatic N) is 2. The topological polar surface area (TPSA) is 67.2 Å². The second-order valence-corrected chi connectivity index (χ2v) is 5.95. The van der Waals surface area contributed by atoms with Crippen molar-refractivity contribution in [2.24, 2.45) is 0 Å². The molecule has 0 bridgehead atoms. The van der Waals surface area contributed by atoms with Gasteiger partial charge in [0, 0.05) is 29.9 Å². The maximum Gasteiger partial charge on any atom is 0.255 e. The number of aliphatic hydroxyl groups excluding tert-OH is 1. The molecule has 0 aliphatic rings. The molecule has 2 aromatic carbocycles. The zero-order chi connectivity index (χ0) is 17.6.